The number of halogens is 1. The Morgan fingerprint density at radius 2 is 2.29 bits per heavy atom. The van der Waals surface area contributed by atoms with Crippen molar-refractivity contribution in [3.63, 3.8) is 0 Å². The Balaban J connectivity index is 0.00000144. The summed E-state index contributed by atoms with van der Waals surface area (Å²) in [6.07, 6.45) is 4.44. The quantitative estimate of drug-likeness (QED) is 0.371. The highest BCUT2D eigenvalue weighted by atomic mass is 127. The van der Waals surface area contributed by atoms with Gasteiger partial charge in [0, 0.05) is 13.1 Å². The maximum Gasteiger partial charge on any atom is 0.191 e. The van der Waals surface area contributed by atoms with Gasteiger partial charge < -0.3 is 10.6 Å². The van der Waals surface area contributed by atoms with E-state index in [0.29, 0.717) is 18.5 Å². The number of hydrogen-bond donors (Lipinski definition) is 1. The molecule has 2 rings (SSSR count). The van der Waals surface area contributed by atoms with Crippen LogP contribution < -0.4 is 5.73 Å². The van der Waals surface area contributed by atoms with E-state index in [1.54, 1.807) is 23.1 Å². The minimum atomic E-state index is 0. The van der Waals surface area contributed by atoms with Crippen molar-refractivity contribution in [2.45, 2.75) is 29.8 Å². The van der Waals surface area contributed by atoms with Gasteiger partial charge in [0.1, 0.15) is 5.01 Å². The minimum absolute atomic E-state index is 0. The zero-order valence-electron chi connectivity index (χ0n) is 9.79. The molecular weight excluding hydrogens is 369 g/mol. The number of aliphatic imine (C=N–C) groups is 1. The van der Waals surface area contributed by atoms with Crippen molar-refractivity contribution in [3.05, 3.63) is 5.01 Å². The van der Waals surface area contributed by atoms with E-state index < -0.39 is 0 Å². The Hall–Kier alpha value is -0.0900. The second kappa shape index (κ2) is 6.74. The average molecular weight is 385 g/mol. The van der Waals surface area contributed by atoms with Gasteiger partial charge in [-0.3, -0.25) is 0 Å². The van der Waals surface area contributed by atoms with Crippen LogP contribution in [0.3, 0.4) is 0 Å². The lowest BCUT2D eigenvalue weighted by molar-refractivity contribution is 0.487. The van der Waals surface area contributed by atoms with E-state index in [9.17, 15) is 0 Å². The summed E-state index contributed by atoms with van der Waals surface area (Å²) < 4.78 is 0.972. The Morgan fingerprint density at radius 1 is 1.59 bits per heavy atom. The minimum Gasteiger partial charge on any atom is -0.370 e. The molecule has 0 amide bonds. The third-order valence-corrected chi connectivity index (χ3v) is 4.34. The summed E-state index contributed by atoms with van der Waals surface area (Å²) in [5.41, 5.74) is 5.87. The van der Waals surface area contributed by atoms with Crippen LogP contribution in [0, 0.1) is 0 Å². The van der Waals surface area contributed by atoms with Gasteiger partial charge in [-0.2, -0.15) is 0 Å². The van der Waals surface area contributed by atoms with Gasteiger partial charge >= 0.3 is 0 Å². The van der Waals surface area contributed by atoms with Crippen LogP contribution in [0.25, 0.3) is 0 Å². The van der Waals surface area contributed by atoms with Crippen LogP contribution in [0.4, 0.5) is 0 Å². The van der Waals surface area contributed by atoms with Crippen molar-refractivity contribution in [2.24, 2.45) is 10.7 Å². The molecule has 96 valence electrons. The molecule has 0 radical (unpaired) electrons. The number of rotatable bonds is 4. The third kappa shape index (κ3) is 4.25. The molecular formula is C9H16IN5S2. The van der Waals surface area contributed by atoms with Crippen molar-refractivity contribution in [3.8, 4) is 0 Å². The molecule has 0 spiro atoms. The lowest BCUT2D eigenvalue weighted by Gasteiger charge is -2.16. The number of nitrogens with two attached hydrogens (primary N) is 1. The predicted molar refractivity (Wildman–Crippen MR) is 83.2 cm³/mol. The van der Waals surface area contributed by atoms with Crippen LogP contribution >= 0.6 is 47.1 Å². The maximum absolute atomic E-state index is 5.87. The molecule has 0 atom stereocenters. The summed E-state index contributed by atoms with van der Waals surface area (Å²) in [4.78, 5) is 6.36. The van der Waals surface area contributed by atoms with E-state index in [1.165, 1.54) is 12.8 Å². The molecule has 0 aliphatic heterocycles. The third-order valence-electron chi connectivity index (χ3n) is 2.46. The Morgan fingerprint density at radius 3 is 2.82 bits per heavy atom. The average Bonchev–Trinajstić information content (AvgIpc) is 3.04. The van der Waals surface area contributed by atoms with Gasteiger partial charge in [-0.05, 0) is 19.1 Å². The molecule has 2 N–H and O–H groups in total. The van der Waals surface area contributed by atoms with E-state index in [-0.39, 0.29) is 24.0 Å². The first kappa shape index (κ1) is 15.0. The molecule has 0 saturated heterocycles. The number of thioether (sulfide) groups is 1. The summed E-state index contributed by atoms with van der Waals surface area (Å²) in [6, 6.07) is 0.597. The smallest absolute Gasteiger partial charge is 0.191 e. The van der Waals surface area contributed by atoms with Crippen LogP contribution in [0.15, 0.2) is 9.33 Å². The summed E-state index contributed by atoms with van der Waals surface area (Å²) >= 11 is 3.17. The molecule has 17 heavy (non-hydrogen) atoms. The van der Waals surface area contributed by atoms with Gasteiger partial charge in [-0.15, -0.1) is 34.2 Å². The van der Waals surface area contributed by atoms with Crippen molar-refractivity contribution in [1.29, 1.82) is 0 Å². The maximum atomic E-state index is 5.87. The van der Waals surface area contributed by atoms with Gasteiger partial charge in [-0.1, -0.05) is 23.1 Å². The highest BCUT2D eigenvalue weighted by Crippen LogP contribution is 2.25. The zero-order valence-corrected chi connectivity index (χ0v) is 13.8. The molecule has 1 fully saturated rings. The normalized spacial score (nSPS) is 15.5. The van der Waals surface area contributed by atoms with Gasteiger partial charge in [0.15, 0.2) is 10.3 Å². The van der Waals surface area contributed by atoms with E-state index in [4.69, 9.17) is 5.73 Å². The largest absolute Gasteiger partial charge is 0.370 e. The summed E-state index contributed by atoms with van der Waals surface area (Å²) in [5.74, 6) is 0.600. The number of nitrogens with zero attached hydrogens (tertiary/aromatic N) is 4. The molecule has 0 unspecified atom stereocenters. The van der Waals surface area contributed by atoms with Gasteiger partial charge in [-0.25, -0.2) is 4.99 Å². The number of hydrogen-bond acceptors (Lipinski definition) is 5. The molecule has 1 aliphatic rings. The van der Waals surface area contributed by atoms with Crippen LogP contribution in [-0.4, -0.2) is 40.4 Å². The van der Waals surface area contributed by atoms with Crippen LogP contribution in [-0.2, 0) is 6.54 Å². The Labute approximate surface area is 126 Å². The van der Waals surface area contributed by atoms with E-state index in [2.05, 4.69) is 15.2 Å². The highest BCUT2D eigenvalue weighted by molar-refractivity contribution is 14.0. The van der Waals surface area contributed by atoms with Crippen LogP contribution in [0.2, 0.25) is 0 Å². The Bertz CT molecular complexity index is 390. The zero-order chi connectivity index (χ0) is 11.5. The van der Waals surface area contributed by atoms with E-state index >= 15 is 0 Å². The molecule has 1 saturated carbocycles. The van der Waals surface area contributed by atoms with E-state index in [1.807, 2.05) is 18.2 Å². The number of guanidine groups is 1. The monoisotopic (exact) mass is 385 g/mol. The fourth-order valence-electron chi connectivity index (χ4n) is 1.29. The molecule has 1 aromatic rings. The molecule has 5 nitrogen and oxygen atoms in total. The predicted octanol–water partition coefficient (Wildman–Crippen LogP) is 1.79. The summed E-state index contributed by atoms with van der Waals surface area (Å²) in [7, 11) is 1.99. The van der Waals surface area contributed by atoms with E-state index in [0.717, 1.165) is 9.35 Å². The van der Waals surface area contributed by atoms with Gasteiger partial charge in [0.05, 0.1) is 6.54 Å². The lowest BCUT2D eigenvalue weighted by Crippen LogP contribution is -2.35. The molecule has 0 aromatic carbocycles. The first-order chi connectivity index (χ1) is 7.70. The van der Waals surface area contributed by atoms with Crippen molar-refractivity contribution in [2.75, 3.05) is 13.3 Å². The second-order valence-corrected chi connectivity index (χ2v) is 5.80. The van der Waals surface area contributed by atoms with Crippen LogP contribution in [0.1, 0.15) is 17.8 Å². The first-order valence-corrected chi connectivity index (χ1v) is 7.14. The number of aromatic nitrogens is 2. The summed E-state index contributed by atoms with van der Waals surface area (Å²) in [5, 5.41) is 8.97. The molecule has 1 heterocycles. The topological polar surface area (TPSA) is 67.4 Å². The van der Waals surface area contributed by atoms with Crippen molar-refractivity contribution >= 4 is 53.0 Å². The molecule has 1 aliphatic carbocycles. The van der Waals surface area contributed by atoms with Gasteiger partial charge in [0.2, 0.25) is 0 Å². The second-order valence-electron chi connectivity index (χ2n) is 3.68. The molecule has 8 heteroatoms. The van der Waals surface area contributed by atoms with Crippen molar-refractivity contribution in [1.82, 2.24) is 15.1 Å². The molecule has 0 bridgehead atoms. The molecule has 1 aromatic heterocycles. The highest BCUT2D eigenvalue weighted by Gasteiger charge is 2.27. The van der Waals surface area contributed by atoms with Gasteiger partial charge in [0.25, 0.3) is 0 Å². The Kier molecular flexibility index (Phi) is 5.93. The van der Waals surface area contributed by atoms with Crippen LogP contribution in [0.5, 0.6) is 0 Å². The lowest BCUT2D eigenvalue weighted by atomic mass is 10.6. The standard InChI is InChI=1S/C9H15N5S2.HI/c1-14(6-3-4-6)8(10)11-5-7-12-13-9(15-2)16-7;/h6H,3-5H2,1-2H3,(H2,10,11);1H. The fraction of sp³-hybridized carbons (Fsp3) is 0.667. The SMILES string of the molecule is CSc1nnc(CN=C(N)N(C)C2CC2)s1.I. The summed E-state index contributed by atoms with van der Waals surface area (Å²) in [6.45, 7) is 0.529. The van der Waals surface area contributed by atoms with Crippen molar-refractivity contribution < 1.29 is 0 Å². The first-order valence-electron chi connectivity index (χ1n) is 5.10. The fourth-order valence-corrected chi connectivity index (χ4v) is 2.53.